The Kier molecular flexibility index (Phi) is 4.69. The van der Waals surface area contributed by atoms with Crippen LogP contribution in [0.15, 0.2) is 11.0 Å². The molecule has 2 heterocycles. The number of hydrogen-bond acceptors (Lipinski definition) is 5. The van der Waals surface area contributed by atoms with Gasteiger partial charge in [-0.25, -0.2) is 13.8 Å². The van der Waals surface area contributed by atoms with Crippen molar-refractivity contribution in [2.75, 3.05) is 6.61 Å². The van der Waals surface area contributed by atoms with Crippen LogP contribution in [0.25, 0.3) is 0 Å². The number of ether oxygens (including phenoxy) is 1. The van der Waals surface area contributed by atoms with Crippen molar-refractivity contribution >= 4 is 31.6 Å². The molecule has 0 amide bonds. The predicted octanol–water partition coefficient (Wildman–Crippen LogP) is 1.64. The Bertz CT molecular complexity index is 704. The second-order valence-electron chi connectivity index (χ2n) is 4.40. The number of phosphoric acid groups is 1. The van der Waals surface area contributed by atoms with E-state index in [0.29, 0.717) is 0 Å². The molecule has 12 heteroatoms. The van der Waals surface area contributed by atoms with E-state index in [1.807, 2.05) is 0 Å². The third kappa shape index (κ3) is 4.19. The van der Waals surface area contributed by atoms with Crippen molar-refractivity contribution < 1.29 is 28.0 Å². The summed E-state index contributed by atoms with van der Waals surface area (Å²) in [5.74, 6) is -2.40. The van der Waals surface area contributed by atoms with Crippen LogP contribution in [0.2, 0.25) is 5.02 Å². The van der Waals surface area contributed by atoms with Crippen LogP contribution in [0.1, 0.15) is 19.1 Å². The molecule has 0 radical (unpaired) electrons. The highest BCUT2D eigenvalue weighted by atomic mass is 35.5. The number of hydrogen-bond donors (Lipinski definition) is 3. The molecule has 1 fully saturated rings. The highest BCUT2D eigenvalue weighted by molar-refractivity contribution is 7.71. The van der Waals surface area contributed by atoms with Crippen molar-refractivity contribution in [2.24, 2.45) is 0 Å². The van der Waals surface area contributed by atoms with Gasteiger partial charge in [-0.05, 0) is 6.42 Å². The Hall–Kier alpha value is -0.610. The van der Waals surface area contributed by atoms with Crippen LogP contribution in [0, 0.1) is 4.64 Å². The first kappa shape index (κ1) is 16.8. The second kappa shape index (κ2) is 5.88. The van der Waals surface area contributed by atoms with Gasteiger partial charge in [0.05, 0.1) is 5.02 Å². The molecule has 1 aliphatic heterocycles. The minimum Gasteiger partial charge on any atom is -0.320 e. The molecule has 118 valence electrons. The summed E-state index contributed by atoms with van der Waals surface area (Å²) < 4.78 is 35.0. The molecule has 0 aromatic carbocycles. The first-order valence-corrected chi connectivity index (χ1v) is 7.99. The van der Waals surface area contributed by atoms with Gasteiger partial charge in [0.25, 0.3) is 0 Å². The molecule has 2 atom stereocenters. The highest BCUT2D eigenvalue weighted by Crippen LogP contribution is 2.42. The molecule has 1 aliphatic rings. The number of halogens is 2. The van der Waals surface area contributed by atoms with E-state index < -0.39 is 32.2 Å². The molecule has 0 spiro atoms. The van der Waals surface area contributed by atoms with Crippen molar-refractivity contribution in [2.45, 2.75) is 24.9 Å². The summed E-state index contributed by atoms with van der Waals surface area (Å²) in [6.07, 6.45) is 0.134. The van der Waals surface area contributed by atoms with E-state index in [-0.39, 0.29) is 22.5 Å². The van der Waals surface area contributed by atoms with Gasteiger partial charge in [-0.3, -0.25) is 14.1 Å². The van der Waals surface area contributed by atoms with Gasteiger partial charge in [-0.2, -0.15) is 0 Å². The summed E-state index contributed by atoms with van der Waals surface area (Å²) in [7, 11) is -4.81. The number of aromatic amines is 1. The van der Waals surface area contributed by atoms with Gasteiger partial charge in [0.15, 0.2) is 0 Å². The molecular formula is C9H11ClFN2O6PS. The van der Waals surface area contributed by atoms with Crippen LogP contribution in [0.4, 0.5) is 4.39 Å². The standard InChI is InChI=1S/C9H11ClFN2O6PS/c10-5-3-13(8(14)12-7(5)21)6-1-2-9(11,19-6)4-18-20(15,16)17/h3,6H,1-2,4H2,(H,12,14,21)(H2,15,16,17)/t6-,9+/m1/s1. The summed E-state index contributed by atoms with van der Waals surface area (Å²) in [6.45, 7) is -0.945. The van der Waals surface area contributed by atoms with E-state index in [4.69, 9.17) is 38.3 Å². The van der Waals surface area contributed by atoms with Crippen molar-refractivity contribution in [3.8, 4) is 0 Å². The first-order valence-electron chi connectivity index (χ1n) is 5.67. The Labute approximate surface area is 127 Å². The summed E-state index contributed by atoms with van der Waals surface area (Å²) >= 11 is 10.6. The Morgan fingerprint density at radius 2 is 2.38 bits per heavy atom. The number of alkyl halides is 1. The summed E-state index contributed by atoms with van der Waals surface area (Å²) in [5, 5.41) is 0.0935. The van der Waals surface area contributed by atoms with Gasteiger partial charge in [0.2, 0.25) is 5.85 Å². The molecule has 0 aliphatic carbocycles. The predicted molar refractivity (Wildman–Crippen MR) is 72.1 cm³/mol. The van der Waals surface area contributed by atoms with Crippen LogP contribution < -0.4 is 5.69 Å². The molecule has 8 nitrogen and oxygen atoms in total. The first-order chi connectivity index (χ1) is 9.60. The Balaban J connectivity index is 2.15. The van der Waals surface area contributed by atoms with E-state index >= 15 is 0 Å². The van der Waals surface area contributed by atoms with Gasteiger partial charge in [-0.15, -0.1) is 0 Å². The van der Waals surface area contributed by atoms with Crippen LogP contribution in [-0.2, 0) is 13.8 Å². The third-order valence-corrected chi connectivity index (χ3v) is 3.98. The van der Waals surface area contributed by atoms with E-state index in [2.05, 4.69) is 9.51 Å². The van der Waals surface area contributed by atoms with Gasteiger partial charge in [0.1, 0.15) is 17.5 Å². The van der Waals surface area contributed by atoms with Gasteiger partial charge in [0, 0.05) is 12.6 Å². The van der Waals surface area contributed by atoms with Gasteiger partial charge < -0.3 is 14.5 Å². The van der Waals surface area contributed by atoms with Gasteiger partial charge in [-0.1, -0.05) is 23.8 Å². The molecule has 0 saturated carbocycles. The maximum atomic E-state index is 14.2. The number of nitrogens with zero attached hydrogens (tertiary/aromatic N) is 1. The number of phosphoric ester groups is 1. The zero-order chi connectivity index (χ0) is 15.8. The third-order valence-electron chi connectivity index (χ3n) is 2.79. The molecular weight excluding hydrogens is 350 g/mol. The molecule has 1 saturated heterocycles. The average molecular weight is 361 g/mol. The Morgan fingerprint density at radius 3 is 3.00 bits per heavy atom. The lowest BCUT2D eigenvalue weighted by Gasteiger charge is -2.21. The minimum atomic E-state index is -4.81. The van der Waals surface area contributed by atoms with Crippen LogP contribution >= 0.6 is 31.6 Å². The quantitative estimate of drug-likeness (QED) is 0.552. The fourth-order valence-corrected chi connectivity index (χ4v) is 2.51. The van der Waals surface area contributed by atoms with Gasteiger partial charge >= 0.3 is 13.5 Å². The topological polar surface area (TPSA) is 114 Å². The lowest BCUT2D eigenvalue weighted by molar-refractivity contribution is -0.175. The summed E-state index contributed by atoms with van der Waals surface area (Å²) in [5.41, 5.74) is -0.630. The number of nitrogens with one attached hydrogen (secondary N) is 1. The molecule has 1 aromatic heterocycles. The SMILES string of the molecule is O=c1[nH]c(=S)c(Cl)cn1[C@H]1CC[C@@](F)(COP(=O)(O)O)O1. The van der Waals surface area contributed by atoms with Crippen molar-refractivity contribution in [3.63, 3.8) is 0 Å². The van der Waals surface area contributed by atoms with Crippen LogP contribution in [0.5, 0.6) is 0 Å². The molecule has 2 rings (SSSR count). The lowest BCUT2D eigenvalue weighted by atomic mass is 10.2. The molecule has 3 N–H and O–H groups in total. The largest absolute Gasteiger partial charge is 0.469 e. The normalized spacial score (nSPS) is 26.2. The van der Waals surface area contributed by atoms with Crippen molar-refractivity contribution in [3.05, 3.63) is 26.3 Å². The van der Waals surface area contributed by atoms with E-state index in [1.54, 1.807) is 0 Å². The maximum Gasteiger partial charge on any atom is 0.469 e. The Morgan fingerprint density at radius 1 is 1.71 bits per heavy atom. The summed E-state index contributed by atoms with van der Waals surface area (Å²) in [6, 6.07) is 0. The monoisotopic (exact) mass is 360 g/mol. The fourth-order valence-electron chi connectivity index (χ4n) is 1.86. The zero-order valence-corrected chi connectivity index (χ0v) is 12.8. The summed E-state index contributed by atoms with van der Waals surface area (Å²) in [4.78, 5) is 31.2. The van der Waals surface area contributed by atoms with E-state index in [9.17, 15) is 13.8 Å². The van der Waals surface area contributed by atoms with Crippen LogP contribution in [0.3, 0.4) is 0 Å². The zero-order valence-electron chi connectivity index (χ0n) is 10.4. The van der Waals surface area contributed by atoms with Crippen molar-refractivity contribution in [1.82, 2.24) is 9.55 Å². The maximum absolute atomic E-state index is 14.2. The lowest BCUT2D eigenvalue weighted by Crippen LogP contribution is -2.31. The number of aromatic nitrogens is 2. The smallest absolute Gasteiger partial charge is 0.320 e. The average Bonchev–Trinajstić information content (AvgIpc) is 2.74. The molecule has 1 aromatic rings. The highest BCUT2D eigenvalue weighted by Gasteiger charge is 2.43. The van der Waals surface area contributed by atoms with Crippen LogP contribution in [-0.4, -0.2) is 31.8 Å². The molecule has 0 bridgehead atoms. The fraction of sp³-hybridized carbons (Fsp3) is 0.556. The van der Waals surface area contributed by atoms with E-state index in [1.165, 1.54) is 6.20 Å². The second-order valence-corrected chi connectivity index (χ2v) is 6.46. The van der Waals surface area contributed by atoms with E-state index in [0.717, 1.165) is 4.57 Å². The van der Waals surface area contributed by atoms with Crippen molar-refractivity contribution in [1.29, 1.82) is 0 Å². The number of H-pyrrole nitrogens is 1. The molecule has 21 heavy (non-hydrogen) atoms. The molecule has 0 unspecified atom stereocenters. The number of rotatable bonds is 4. The minimum absolute atomic E-state index is 0.0484.